The largest absolute Gasteiger partial charge is 0.345 e. The first-order chi connectivity index (χ1) is 7.15. The molecule has 1 N–H and O–H groups in total. The van der Waals surface area contributed by atoms with Gasteiger partial charge in [0.05, 0.1) is 0 Å². The second-order valence-corrected chi connectivity index (χ2v) is 4.75. The Hall–Kier alpha value is -0.900. The van der Waals surface area contributed by atoms with Crippen molar-refractivity contribution in [2.24, 2.45) is 0 Å². The number of hydrogen-bond donors (Lipinski definition) is 1. The van der Waals surface area contributed by atoms with Gasteiger partial charge in [-0.25, -0.2) is 4.98 Å². The molecular weight excluding hydrogens is 256 g/mol. The van der Waals surface area contributed by atoms with Crippen molar-refractivity contribution >= 4 is 21.8 Å². The molecule has 1 aromatic rings. The molecule has 0 bridgehead atoms. The summed E-state index contributed by atoms with van der Waals surface area (Å²) in [6.07, 6.45) is 3.17. The van der Waals surface area contributed by atoms with Crippen molar-refractivity contribution in [1.29, 1.82) is 0 Å². The van der Waals surface area contributed by atoms with Crippen LogP contribution in [0.4, 0.5) is 0 Å². The molecule has 4 heteroatoms. The summed E-state index contributed by atoms with van der Waals surface area (Å²) in [7, 11) is 0. The van der Waals surface area contributed by atoms with Crippen molar-refractivity contribution in [3.63, 3.8) is 0 Å². The molecule has 0 saturated heterocycles. The average Bonchev–Trinajstić information content (AvgIpc) is 2.98. The third-order valence-electron chi connectivity index (χ3n) is 2.86. The van der Waals surface area contributed by atoms with Crippen molar-refractivity contribution in [3.8, 4) is 0 Å². The number of nitrogens with zero attached hydrogens (tertiary/aromatic N) is 1. The zero-order chi connectivity index (χ0) is 10.9. The molecule has 1 amide bonds. The molecule has 1 aromatic heterocycles. The first-order valence-corrected chi connectivity index (χ1v) is 5.90. The van der Waals surface area contributed by atoms with Crippen molar-refractivity contribution in [3.05, 3.63) is 28.5 Å². The standard InChI is InChI=1S/C11H13BrN2O/c1-2-11(6-7-11)14-10(15)8-4-3-5-9(12)13-8/h3-5H,2,6-7H2,1H3,(H,14,15). The molecule has 3 nitrogen and oxygen atoms in total. The summed E-state index contributed by atoms with van der Waals surface area (Å²) in [6, 6.07) is 5.35. The van der Waals surface area contributed by atoms with E-state index in [1.165, 1.54) is 0 Å². The Labute approximate surface area is 97.4 Å². The number of amides is 1. The van der Waals surface area contributed by atoms with Crippen molar-refractivity contribution < 1.29 is 4.79 Å². The monoisotopic (exact) mass is 268 g/mol. The molecule has 80 valence electrons. The van der Waals surface area contributed by atoms with Gasteiger partial charge in [-0.3, -0.25) is 4.79 Å². The van der Waals surface area contributed by atoms with Crippen molar-refractivity contribution in [2.45, 2.75) is 31.7 Å². The minimum atomic E-state index is -0.0735. The molecule has 0 spiro atoms. The topological polar surface area (TPSA) is 42.0 Å². The maximum atomic E-state index is 11.8. The molecule has 1 aliphatic rings. The summed E-state index contributed by atoms with van der Waals surface area (Å²) in [5.41, 5.74) is 0.533. The predicted molar refractivity (Wildman–Crippen MR) is 61.7 cm³/mol. The number of pyridine rings is 1. The van der Waals surface area contributed by atoms with E-state index in [1.807, 2.05) is 12.1 Å². The molecule has 0 atom stereocenters. The lowest BCUT2D eigenvalue weighted by Crippen LogP contribution is -2.36. The van der Waals surface area contributed by atoms with Crippen LogP contribution in [0.2, 0.25) is 0 Å². The normalized spacial score (nSPS) is 17.2. The maximum absolute atomic E-state index is 11.8. The molecule has 15 heavy (non-hydrogen) atoms. The minimum absolute atomic E-state index is 0.0566. The van der Waals surface area contributed by atoms with Crippen LogP contribution in [0.5, 0.6) is 0 Å². The Morgan fingerprint density at radius 3 is 2.87 bits per heavy atom. The Kier molecular flexibility index (Phi) is 2.78. The number of halogens is 1. The van der Waals surface area contributed by atoms with Gasteiger partial charge < -0.3 is 5.32 Å². The summed E-state index contributed by atoms with van der Waals surface area (Å²) < 4.78 is 0.691. The van der Waals surface area contributed by atoms with Crippen LogP contribution in [0.25, 0.3) is 0 Å². The maximum Gasteiger partial charge on any atom is 0.270 e. The molecule has 0 aromatic carbocycles. The Balaban J connectivity index is 2.08. The van der Waals surface area contributed by atoms with E-state index in [4.69, 9.17) is 0 Å². The Morgan fingerprint density at radius 1 is 1.60 bits per heavy atom. The highest BCUT2D eigenvalue weighted by Gasteiger charge is 2.42. The second kappa shape index (κ2) is 3.93. The van der Waals surface area contributed by atoms with Crippen molar-refractivity contribution in [1.82, 2.24) is 10.3 Å². The first-order valence-electron chi connectivity index (χ1n) is 5.10. The van der Waals surface area contributed by atoms with Crippen LogP contribution >= 0.6 is 15.9 Å². The summed E-state index contributed by atoms with van der Waals surface area (Å²) in [4.78, 5) is 15.9. The quantitative estimate of drug-likeness (QED) is 0.857. The zero-order valence-corrected chi connectivity index (χ0v) is 10.2. The number of aromatic nitrogens is 1. The highest BCUT2D eigenvalue weighted by Crippen LogP contribution is 2.38. The molecule has 1 aliphatic carbocycles. The van der Waals surface area contributed by atoms with Gasteiger partial charge >= 0.3 is 0 Å². The number of hydrogen-bond acceptors (Lipinski definition) is 2. The van der Waals surface area contributed by atoms with Gasteiger partial charge in [-0.2, -0.15) is 0 Å². The Morgan fingerprint density at radius 2 is 2.33 bits per heavy atom. The van der Waals surface area contributed by atoms with Gasteiger partial charge in [0.2, 0.25) is 0 Å². The van der Waals surface area contributed by atoms with Crippen LogP contribution < -0.4 is 5.32 Å². The summed E-state index contributed by atoms with van der Waals surface area (Å²) in [5.74, 6) is -0.0735. The molecule has 0 unspecified atom stereocenters. The average molecular weight is 269 g/mol. The molecule has 0 aliphatic heterocycles. The van der Waals surface area contributed by atoms with E-state index in [9.17, 15) is 4.79 Å². The summed E-state index contributed by atoms with van der Waals surface area (Å²) in [6.45, 7) is 2.10. The number of carbonyl (C=O) groups is 1. The SMILES string of the molecule is CCC1(NC(=O)c2cccc(Br)n2)CC1. The van der Waals surface area contributed by atoms with Crippen LogP contribution in [0.1, 0.15) is 36.7 Å². The molecule has 1 fully saturated rings. The van der Waals surface area contributed by atoms with E-state index in [2.05, 4.69) is 33.2 Å². The van der Waals surface area contributed by atoms with Crippen LogP contribution in [0.3, 0.4) is 0 Å². The fourth-order valence-electron chi connectivity index (χ4n) is 1.56. The summed E-state index contributed by atoms with van der Waals surface area (Å²) >= 11 is 3.25. The van der Waals surface area contributed by atoms with Gasteiger partial charge in [0, 0.05) is 5.54 Å². The number of rotatable bonds is 3. The number of carbonyl (C=O) groups excluding carboxylic acids is 1. The Bertz CT molecular complexity index is 388. The van der Waals surface area contributed by atoms with Gasteiger partial charge in [0.25, 0.3) is 5.91 Å². The van der Waals surface area contributed by atoms with E-state index in [0.29, 0.717) is 10.3 Å². The highest BCUT2D eigenvalue weighted by molar-refractivity contribution is 9.10. The van der Waals surface area contributed by atoms with Crippen LogP contribution in [0.15, 0.2) is 22.8 Å². The molecule has 0 radical (unpaired) electrons. The minimum Gasteiger partial charge on any atom is -0.345 e. The molecule has 1 heterocycles. The van der Waals surface area contributed by atoms with E-state index in [0.717, 1.165) is 19.3 Å². The third-order valence-corrected chi connectivity index (χ3v) is 3.30. The molecular formula is C11H13BrN2O. The fraction of sp³-hybridized carbons (Fsp3) is 0.455. The molecule has 2 rings (SSSR count). The van der Waals surface area contributed by atoms with Gasteiger partial charge in [-0.15, -0.1) is 0 Å². The van der Waals surface area contributed by atoms with Gasteiger partial charge in [-0.1, -0.05) is 13.0 Å². The van der Waals surface area contributed by atoms with Crippen LogP contribution in [0, 0.1) is 0 Å². The van der Waals surface area contributed by atoms with E-state index in [1.54, 1.807) is 6.07 Å². The van der Waals surface area contributed by atoms with Crippen LogP contribution in [-0.4, -0.2) is 16.4 Å². The highest BCUT2D eigenvalue weighted by atomic mass is 79.9. The third kappa shape index (κ3) is 2.37. The summed E-state index contributed by atoms with van der Waals surface area (Å²) in [5, 5.41) is 3.04. The smallest absolute Gasteiger partial charge is 0.270 e. The predicted octanol–water partition coefficient (Wildman–Crippen LogP) is 2.52. The first kappa shape index (κ1) is 10.6. The van der Waals surface area contributed by atoms with E-state index >= 15 is 0 Å². The lowest BCUT2D eigenvalue weighted by atomic mass is 10.2. The number of nitrogens with one attached hydrogen (secondary N) is 1. The fourth-order valence-corrected chi connectivity index (χ4v) is 1.90. The zero-order valence-electron chi connectivity index (χ0n) is 8.59. The van der Waals surface area contributed by atoms with Crippen LogP contribution in [-0.2, 0) is 0 Å². The second-order valence-electron chi connectivity index (χ2n) is 3.93. The van der Waals surface area contributed by atoms with E-state index < -0.39 is 0 Å². The van der Waals surface area contributed by atoms with Gasteiger partial charge in [0.15, 0.2) is 0 Å². The lowest BCUT2D eigenvalue weighted by molar-refractivity contribution is 0.0925. The van der Waals surface area contributed by atoms with Gasteiger partial charge in [0.1, 0.15) is 10.3 Å². The van der Waals surface area contributed by atoms with Crippen molar-refractivity contribution in [2.75, 3.05) is 0 Å². The van der Waals surface area contributed by atoms with Gasteiger partial charge in [-0.05, 0) is 47.3 Å². The lowest BCUT2D eigenvalue weighted by Gasteiger charge is -2.14. The molecule has 1 saturated carbocycles. The van der Waals surface area contributed by atoms with E-state index in [-0.39, 0.29) is 11.4 Å².